The molecule has 64 valence electrons. The standard InChI is InChI=1S/C10H17Br/c1-2-3-6-9-7-4-5-8-10(9)11/h8-9H,2-7H2,1H3/t9-/m1/s1. The van der Waals surface area contributed by atoms with Crippen LogP contribution in [-0.4, -0.2) is 0 Å². The monoisotopic (exact) mass is 216 g/mol. The zero-order valence-electron chi connectivity index (χ0n) is 7.28. The quantitative estimate of drug-likeness (QED) is 0.662. The molecule has 0 N–H and O–H groups in total. The second-order valence-electron chi connectivity index (χ2n) is 3.36. The summed E-state index contributed by atoms with van der Waals surface area (Å²) in [7, 11) is 0. The normalized spacial score (nSPS) is 24.9. The van der Waals surface area contributed by atoms with Gasteiger partial charge in [-0.15, -0.1) is 0 Å². The van der Waals surface area contributed by atoms with Crippen molar-refractivity contribution in [2.75, 3.05) is 0 Å². The second-order valence-corrected chi connectivity index (χ2v) is 4.27. The SMILES string of the molecule is CCCC[C@@H]1CCCC=C1Br. The molecule has 1 aliphatic rings. The van der Waals surface area contributed by atoms with E-state index in [4.69, 9.17) is 0 Å². The number of hydrogen-bond donors (Lipinski definition) is 0. The molecular weight excluding hydrogens is 200 g/mol. The van der Waals surface area contributed by atoms with Gasteiger partial charge >= 0.3 is 0 Å². The summed E-state index contributed by atoms with van der Waals surface area (Å²) in [4.78, 5) is 0. The number of allylic oxidation sites excluding steroid dienone is 2. The lowest BCUT2D eigenvalue weighted by molar-refractivity contribution is 0.481. The van der Waals surface area contributed by atoms with E-state index >= 15 is 0 Å². The van der Waals surface area contributed by atoms with Crippen LogP contribution in [0.4, 0.5) is 0 Å². The summed E-state index contributed by atoms with van der Waals surface area (Å²) >= 11 is 3.65. The van der Waals surface area contributed by atoms with E-state index in [0.717, 1.165) is 5.92 Å². The molecule has 0 fully saturated rings. The fourth-order valence-corrected chi connectivity index (χ4v) is 2.33. The Balaban J connectivity index is 2.31. The van der Waals surface area contributed by atoms with E-state index in [1.54, 1.807) is 0 Å². The molecule has 0 spiro atoms. The van der Waals surface area contributed by atoms with Gasteiger partial charge in [-0.1, -0.05) is 41.8 Å². The van der Waals surface area contributed by atoms with Crippen LogP contribution in [0.1, 0.15) is 45.4 Å². The molecule has 0 bridgehead atoms. The summed E-state index contributed by atoms with van der Waals surface area (Å²) in [6.45, 7) is 2.26. The van der Waals surface area contributed by atoms with Crippen molar-refractivity contribution in [3.05, 3.63) is 10.6 Å². The predicted octanol–water partition coefficient (Wildman–Crippen LogP) is 4.26. The van der Waals surface area contributed by atoms with Gasteiger partial charge in [0.15, 0.2) is 0 Å². The summed E-state index contributed by atoms with van der Waals surface area (Å²) in [5.41, 5.74) is 0. The summed E-state index contributed by atoms with van der Waals surface area (Å²) in [5, 5.41) is 0. The average molecular weight is 217 g/mol. The van der Waals surface area contributed by atoms with E-state index in [1.165, 1.54) is 43.0 Å². The maximum atomic E-state index is 3.65. The number of unbranched alkanes of at least 4 members (excludes halogenated alkanes) is 1. The van der Waals surface area contributed by atoms with Crippen LogP contribution in [0, 0.1) is 5.92 Å². The van der Waals surface area contributed by atoms with Crippen LogP contribution in [0.3, 0.4) is 0 Å². The van der Waals surface area contributed by atoms with E-state index in [-0.39, 0.29) is 0 Å². The van der Waals surface area contributed by atoms with E-state index in [1.807, 2.05) is 0 Å². The molecule has 0 aliphatic heterocycles. The van der Waals surface area contributed by atoms with Gasteiger partial charge in [0.2, 0.25) is 0 Å². The summed E-state index contributed by atoms with van der Waals surface area (Å²) in [6.07, 6.45) is 10.5. The van der Waals surface area contributed by atoms with Crippen LogP contribution < -0.4 is 0 Å². The van der Waals surface area contributed by atoms with Gasteiger partial charge in [-0.05, 0) is 36.1 Å². The molecule has 0 saturated heterocycles. The van der Waals surface area contributed by atoms with Crippen LogP contribution in [-0.2, 0) is 0 Å². The van der Waals surface area contributed by atoms with Gasteiger partial charge in [0.25, 0.3) is 0 Å². The van der Waals surface area contributed by atoms with Crippen molar-refractivity contribution >= 4 is 15.9 Å². The van der Waals surface area contributed by atoms with Crippen molar-refractivity contribution in [2.45, 2.75) is 45.4 Å². The highest BCUT2D eigenvalue weighted by Gasteiger charge is 2.14. The smallest absolute Gasteiger partial charge is 0.00582 e. The highest BCUT2D eigenvalue weighted by Crippen LogP contribution is 2.32. The minimum atomic E-state index is 0.851. The second kappa shape index (κ2) is 4.97. The van der Waals surface area contributed by atoms with E-state index in [0.29, 0.717) is 0 Å². The van der Waals surface area contributed by atoms with E-state index < -0.39 is 0 Å². The van der Waals surface area contributed by atoms with Gasteiger partial charge in [0.05, 0.1) is 0 Å². The molecule has 1 rings (SSSR count). The lowest BCUT2D eigenvalue weighted by Crippen LogP contribution is -2.04. The zero-order valence-corrected chi connectivity index (χ0v) is 8.86. The van der Waals surface area contributed by atoms with Gasteiger partial charge in [-0.3, -0.25) is 0 Å². The van der Waals surface area contributed by atoms with E-state index in [9.17, 15) is 0 Å². The summed E-state index contributed by atoms with van der Waals surface area (Å²) in [5.74, 6) is 0.851. The maximum Gasteiger partial charge on any atom is -0.00582 e. The van der Waals surface area contributed by atoms with Gasteiger partial charge in [-0.25, -0.2) is 0 Å². The summed E-state index contributed by atoms with van der Waals surface area (Å²) in [6, 6.07) is 0. The molecule has 0 unspecified atom stereocenters. The highest BCUT2D eigenvalue weighted by molar-refractivity contribution is 9.11. The van der Waals surface area contributed by atoms with Crippen LogP contribution >= 0.6 is 15.9 Å². The third-order valence-electron chi connectivity index (χ3n) is 2.39. The summed E-state index contributed by atoms with van der Waals surface area (Å²) < 4.78 is 1.47. The molecule has 0 nitrogen and oxygen atoms in total. The molecule has 0 radical (unpaired) electrons. The van der Waals surface area contributed by atoms with Crippen LogP contribution in [0.25, 0.3) is 0 Å². The fourth-order valence-electron chi connectivity index (χ4n) is 1.64. The number of rotatable bonds is 3. The molecule has 1 atom stereocenters. The highest BCUT2D eigenvalue weighted by atomic mass is 79.9. The van der Waals surface area contributed by atoms with Gasteiger partial charge < -0.3 is 0 Å². The Kier molecular flexibility index (Phi) is 4.21. The molecule has 0 heterocycles. The number of halogens is 1. The van der Waals surface area contributed by atoms with Crippen molar-refractivity contribution in [1.29, 1.82) is 0 Å². The lowest BCUT2D eigenvalue weighted by Gasteiger charge is -2.19. The molecule has 0 aromatic carbocycles. The Morgan fingerprint density at radius 2 is 2.45 bits per heavy atom. The van der Waals surface area contributed by atoms with Gasteiger partial charge in [-0.2, -0.15) is 0 Å². The molecule has 0 saturated carbocycles. The Labute approximate surface area is 78.2 Å². The van der Waals surface area contributed by atoms with Crippen molar-refractivity contribution in [1.82, 2.24) is 0 Å². The molecule has 0 amide bonds. The molecular formula is C10H17Br. The minimum absolute atomic E-state index is 0.851. The van der Waals surface area contributed by atoms with Crippen molar-refractivity contribution in [3.8, 4) is 0 Å². The van der Waals surface area contributed by atoms with Crippen molar-refractivity contribution in [3.63, 3.8) is 0 Å². The predicted molar refractivity (Wildman–Crippen MR) is 53.9 cm³/mol. The Morgan fingerprint density at radius 3 is 3.09 bits per heavy atom. The molecule has 11 heavy (non-hydrogen) atoms. The first kappa shape index (κ1) is 9.31. The Morgan fingerprint density at radius 1 is 1.64 bits per heavy atom. The van der Waals surface area contributed by atoms with Crippen LogP contribution in [0.2, 0.25) is 0 Å². The lowest BCUT2D eigenvalue weighted by atomic mass is 9.91. The third-order valence-corrected chi connectivity index (χ3v) is 3.36. The minimum Gasteiger partial charge on any atom is -0.0741 e. The topological polar surface area (TPSA) is 0 Å². The molecule has 1 aliphatic carbocycles. The largest absolute Gasteiger partial charge is 0.0741 e. The Hall–Kier alpha value is 0.220. The third kappa shape index (κ3) is 2.98. The molecule has 1 heteroatoms. The first-order valence-corrected chi connectivity index (χ1v) is 5.49. The number of hydrogen-bond acceptors (Lipinski definition) is 0. The Bertz CT molecular complexity index is 138. The average Bonchev–Trinajstić information content (AvgIpc) is 2.03. The zero-order chi connectivity index (χ0) is 8.10. The van der Waals surface area contributed by atoms with Crippen LogP contribution in [0.5, 0.6) is 0 Å². The van der Waals surface area contributed by atoms with E-state index in [2.05, 4.69) is 28.9 Å². The van der Waals surface area contributed by atoms with Crippen molar-refractivity contribution < 1.29 is 0 Å². The van der Waals surface area contributed by atoms with Gasteiger partial charge in [0.1, 0.15) is 0 Å². The maximum absolute atomic E-state index is 3.65. The molecule has 0 aromatic rings. The van der Waals surface area contributed by atoms with Crippen LogP contribution in [0.15, 0.2) is 10.6 Å². The van der Waals surface area contributed by atoms with Crippen molar-refractivity contribution in [2.24, 2.45) is 5.92 Å². The molecule has 0 aromatic heterocycles. The first-order chi connectivity index (χ1) is 5.34. The first-order valence-electron chi connectivity index (χ1n) is 4.70. The fraction of sp³-hybridized carbons (Fsp3) is 0.800. The van der Waals surface area contributed by atoms with Gasteiger partial charge in [0, 0.05) is 0 Å².